The number of aliphatic carboxylic acids is 1. The van der Waals surface area contributed by atoms with E-state index in [0.29, 0.717) is 29.4 Å². The van der Waals surface area contributed by atoms with Crippen molar-refractivity contribution in [3.8, 4) is 5.75 Å². The second kappa shape index (κ2) is 8.09. The van der Waals surface area contributed by atoms with Crippen LogP contribution in [-0.4, -0.2) is 45.6 Å². The van der Waals surface area contributed by atoms with Crippen LogP contribution in [0.25, 0.3) is 0 Å². The Bertz CT molecular complexity index is 696. The zero-order valence-electron chi connectivity index (χ0n) is 13.6. The van der Waals surface area contributed by atoms with E-state index < -0.39 is 5.97 Å². The molecule has 0 aliphatic heterocycles. The molecule has 8 nitrogen and oxygen atoms in total. The van der Waals surface area contributed by atoms with Crippen LogP contribution in [0.3, 0.4) is 0 Å². The van der Waals surface area contributed by atoms with Crippen molar-refractivity contribution in [1.82, 2.24) is 15.0 Å². The average Bonchev–Trinajstić information content (AvgIpc) is 3.05. The lowest BCUT2D eigenvalue weighted by atomic mass is 10.2. The molecule has 2 aromatic rings. The molecule has 1 aromatic carbocycles. The first-order valence-electron chi connectivity index (χ1n) is 7.51. The monoisotopic (exact) mass is 333 g/mol. The van der Waals surface area contributed by atoms with Gasteiger partial charge in [-0.1, -0.05) is 12.1 Å². The third-order valence-corrected chi connectivity index (χ3v) is 3.29. The number of carboxylic acid groups (broad SMARTS) is 1. The summed E-state index contributed by atoms with van der Waals surface area (Å²) in [5, 5.41) is 12.4. The minimum Gasteiger partial charge on any atom is -0.485 e. The van der Waals surface area contributed by atoms with Gasteiger partial charge in [0, 0.05) is 25.6 Å². The first-order chi connectivity index (χ1) is 11.5. The molecule has 0 bridgehead atoms. The summed E-state index contributed by atoms with van der Waals surface area (Å²) >= 11 is 0. The summed E-state index contributed by atoms with van der Waals surface area (Å²) in [5.41, 5.74) is 0.461. The smallest absolute Gasteiger partial charge is 0.305 e. The number of carboxylic acids is 1. The first-order valence-corrected chi connectivity index (χ1v) is 7.51. The third-order valence-electron chi connectivity index (χ3n) is 3.29. The highest BCUT2D eigenvalue weighted by molar-refractivity contribution is 5.94. The molecule has 0 spiro atoms. The fourth-order valence-electron chi connectivity index (χ4n) is 1.92. The van der Waals surface area contributed by atoms with E-state index in [2.05, 4.69) is 10.1 Å². The minimum atomic E-state index is -0.939. The summed E-state index contributed by atoms with van der Waals surface area (Å²) in [7, 11) is 1.57. The molecule has 1 N–H and O–H groups in total. The molecule has 0 saturated heterocycles. The van der Waals surface area contributed by atoms with Crippen LogP contribution in [0.2, 0.25) is 0 Å². The van der Waals surface area contributed by atoms with Crippen LogP contribution < -0.4 is 4.74 Å². The van der Waals surface area contributed by atoms with Crippen molar-refractivity contribution in [1.29, 1.82) is 0 Å². The predicted molar refractivity (Wildman–Crippen MR) is 83.7 cm³/mol. The van der Waals surface area contributed by atoms with Crippen LogP contribution in [0.4, 0.5) is 0 Å². The molecule has 1 amide bonds. The van der Waals surface area contributed by atoms with Gasteiger partial charge in [-0.25, -0.2) is 0 Å². The van der Waals surface area contributed by atoms with Crippen molar-refractivity contribution in [2.45, 2.75) is 26.4 Å². The Labute approximate surface area is 139 Å². The number of amides is 1. The lowest BCUT2D eigenvalue weighted by molar-refractivity contribution is -0.137. The van der Waals surface area contributed by atoms with Crippen molar-refractivity contribution in [2.75, 3.05) is 13.6 Å². The summed E-state index contributed by atoms with van der Waals surface area (Å²) in [4.78, 5) is 28.2. The molecule has 2 rings (SSSR count). The molecule has 8 heteroatoms. The zero-order valence-corrected chi connectivity index (χ0v) is 13.6. The summed E-state index contributed by atoms with van der Waals surface area (Å²) in [6.07, 6.45) is 0.576. The summed E-state index contributed by atoms with van der Waals surface area (Å²) in [6.45, 7) is 2.25. The van der Waals surface area contributed by atoms with Crippen LogP contribution in [0.15, 0.2) is 28.8 Å². The molecule has 0 radical (unpaired) electrons. The van der Waals surface area contributed by atoms with Gasteiger partial charge >= 0.3 is 5.97 Å². The third kappa shape index (κ3) is 4.80. The van der Waals surface area contributed by atoms with Crippen LogP contribution >= 0.6 is 0 Å². The molecule has 0 aliphatic carbocycles. The Balaban J connectivity index is 1.89. The Morgan fingerprint density at radius 1 is 1.29 bits per heavy atom. The molecule has 0 atom stereocenters. The van der Waals surface area contributed by atoms with Crippen LogP contribution in [-0.2, 0) is 17.8 Å². The Hall–Kier alpha value is -2.90. The van der Waals surface area contributed by atoms with Crippen LogP contribution in [0, 0.1) is 0 Å². The summed E-state index contributed by atoms with van der Waals surface area (Å²) < 4.78 is 10.5. The molecule has 128 valence electrons. The number of aryl methyl sites for hydroxylation is 1. The van der Waals surface area contributed by atoms with Gasteiger partial charge in [-0.15, -0.1) is 0 Å². The maximum Gasteiger partial charge on any atom is 0.305 e. The molecular formula is C16H19N3O5. The van der Waals surface area contributed by atoms with Gasteiger partial charge in [0.25, 0.3) is 5.91 Å². The van der Waals surface area contributed by atoms with E-state index in [1.54, 1.807) is 31.3 Å². The van der Waals surface area contributed by atoms with Gasteiger partial charge in [0.1, 0.15) is 5.75 Å². The summed E-state index contributed by atoms with van der Waals surface area (Å²) in [6, 6.07) is 6.59. The predicted octanol–water partition coefficient (Wildman–Crippen LogP) is 1.76. The fraction of sp³-hybridized carbons (Fsp3) is 0.375. The van der Waals surface area contributed by atoms with Gasteiger partial charge < -0.3 is 19.3 Å². The molecule has 0 unspecified atom stereocenters. The molecule has 0 saturated carbocycles. The number of aromatic nitrogens is 2. The molecular weight excluding hydrogens is 314 g/mol. The van der Waals surface area contributed by atoms with E-state index in [1.165, 1.54) is 4.90 Å². The van der Waals surface area contributed by atoms with E-state index in [1.807, 2.05) is 6.92 Å². The lowest BCUT2D eigenvalue weighted by Crippen LogP contribution is -2.28. The van der Waals surface area contributed by atoms with Crippen molar-refractivity contribution in [3.05, 3.63) is 41.5 Å². The SMILES string of the molecule is CCc1nc(COc2ccc(C(=O)N(C)CCC(=O)O)cc2)no1. The van der Waals surface area contributed by atoms with Gasteiger partial charge in [-0.05, 0) is 24.3 Å². The number of carbonyl (C=O) groups is 2. The van der Waals surface area contributed by atoms with Gasteiger partial charge in [-0.3, -0.25) is 9.59 Å². The zero-order chi connectivity index (χ0) is 17.5. The number of nitrogens with zero attached hydrogens (tertiary/aromatic N) is 3. The fourth-order valence-corrected chi connectivity index (χ4v) is 1.92. The molecule has 0 aliphatic rings. The molecule has 24 heavy (non-hydrogen) atoms. The highest BCUT2D eigenvalue weighted by atomic mass is 16.5. The van der Waals surface area contributed by atoms with E-state index in [4.69, 9.17) is 14.4 Å². The quantitative estimate of drug-likeness (QED) is 0.784. The van der Waals surface area contributed by atoms with Crippen molar-refractivity contribution in [2.24, 2.45) is 0 Å². The molecule has 1 aromatic heterocycles. The van der Waals surface area contributed by atoms with E-state index in [9.17, 15) is 9.59 Å². The normalized spacial score (nSPS) is 10.4. The maximum atomic E-state index is 12.1. The topological polar surface area (TPSA) is 106 Å². The standard InChI is InChI=1S/C16H19N3O5/c1-3-14-17-13(18-24-14)10-23-12-6-4-11(5-7-12)16(22)19(2)9-8-15(20)21/h4-7H,3,8-10H2,1-2H3,(H,20,21). The largest absolute Gasteiger partial charge is 0.485 e. The first kappa shape index (κ1) is 17.5. The number of hydrogen-bond donors (Lipinski definition) is 1. The summed E-state index contributed by atoms with van der Waals surface area (Å²) in [5.74, 6) is 0.404. The van der Waals surface area contributed by atoms with Gasteiger partial charge in [0.05, 0.1) is 6.42 Å². The minimum absolute atomic E-state index is 0.0894. The van der Waals surface area contributed by atoms with Crippen LogP contribution in [0.1, 0.15) is 35.4 Å². The molecule has 0 fully saturated rings. The second-order valence-corrected chi connectivity index (χ2v) is 5.14. The van der Waals surface area contributed by atoms with Gasteiger partial charge in [0.2, 0.25) is 11.7 Å². The number of ether oxygens (including phenoxy) is 1. The van der Waals surface area contributed by atoms with E-state index in [0.717, 1.165) is 0 Å². The van der Waals surface area contributed by atoms with E-state index >= 15 is 0 Å². The average molecular weight is 333 g/mol. The number of benzene rings is 1. The number of hydrogen-bond acceptors (Lipinski definition) is 6. The number of carbonyl (C=O) groups excluding carboxylic acids is 1. The Morgan fingerprint density at radius 2 is 2.00 bits per heavy atom. The highest BCUT2D eigenvalue weighted by Gasteiger charge is 2.13. The Kier molecular flexibility index (Phi) is 5.89. The highest BCUT2D eigenvalue weighted by Crippen LogP contribution is 2.15. The van der Waals surface area contributed by atoms with Gasteiger partial charge in [0.15, 0.2) is 6.61 Å². The lowest BCUT2D eigenvalue weighted by Gasteiger charge is -2.16. The van der Waals surface area contributed by atoms with Gasteiger partial charge in [-0.2, -0.15) is 4.98 Å². The van der Waals surface area contributed by atoms with E-state index in [-0.39, 0.29) is 25.5 Å². The molecule has 1 heterocycles. The number of rotatable bonds is 8. The Morgan fingerprint density at radius 3 is 2.58 bits per heavy atom. The second-order valence-electron chi connectivity index (χ2n) is 5.14. The van der Waals surface area contributed by atoms with Crippen LogP contribution in [0.5, 0.6) is 5.75 Å². The van der Waals surface area contributed by atoms with Crippen molar-refractivity contribution < 1.29 is 24.0 Å². The van der Waals surface area contributed by atoms with Crippen molar-refractivity contribution >= 4 is 11.9 Å². The maximum absolute atomic E-state index is 12.1. The van der Waals surface area contributed by atoms with Crippen molar-refractivity contribution in [3.63, 3.8) is 0 Å².